The largest absolute Gasteiger partial charge is 0.497 e. The van der Waals surface area contributed by atoms with Gasteiger partial charge >= 0.3 is 6.03 Å². The van der Waals surface area contributed by atoms with Crippen LogP contribution in [0.15, 0.2) is 30.3 Å². The topological polar surface area (TPSA) is 76.6 Å². The molecule has 2 aliphatic rings. The number of methoxy groups -OCH3 is 1. The van der Waals surface area contributed by atoms with Gasteiger partial charge in [-0.05, 0) is 51.0 Å². The maximum Gasteiger partial charge on any atom is 0.323 e. The SMILES string of the molecule is COc1ccc2c(c1)OC(C)(C)CN(C(=O)Nc1ccc(C3CC3)nn1)C2. The van der Waals surface area contributed by atoms with Gasteiger partial charge in [-0.3, -0.25) is 5.32 Å². The predicted molar refractivity (Wildman–Crippen MR) is 101 cm³/mol. The molecule has 4 rings (SSSR count). The monoisotopic (exact) mass is 368 g/mol. The number of fused-ring (bicyclic) bond motifs is 1. The number of nitrogens with one attached hydrogen (secondary N) is 1. The molecule has 0 spiro atoms. The highest BCUT2D eigenvalue weighted by molar-refractivity contribution is 5.88. The van der Waals surface area contributed by atoms with Crippen molar-refractivity contribution in [1.29, 1.82) is 0 Å². The number of aromatic nitrogens is 2. The van der Waals surface area contributed by atoms with Gasteiger partial charge in [0.1, 0.15) is 17.1 Å². The average Bonchev–Trinajstić information content (AvgIpc) is 3.48. The molecule has 0 atom stereocenters. The number of nitrogens with zero attached hydrogens (tertiary/aromatic N) is 3. The molecule has 7 nitrogen and oxygen atoms in total. The zero-order valence-corrected chi connectivity index (χ0v) is 15.9. The minimum atomic E-state index is -0.531. The molecule has 2 heterocycles. The molecule has 0 saturated heterocycles. The van der Waals surface area contributed by atoms with Gasteiger partial charge in [-0.2, -0.15) is 5.10 Å². The van der Waals surface area contributed by atoms with E-state index >= 15 is 0 Å². The van der Waals surface area contributed by atoms with Crippen LogP contribution in [-0.2, 0) is 6.54 Å². The summed E-state index contributed by atoms with van der Waals surface area (Å²) in [5.41, 5.74) is 1.41. The van der Waals surface area contributed by atoms with E-state index in [1.807, 2.05) is 44.2 Å². The second-order valence-corrected chi connectivity index (χ2v) is 7.74. The molecule has 142 valence electrons. The lowest BCUT2D eigenvalue weighted by atomic mass is 10.1. The van der Waals surface area contributed by atoms with Crippen LogP contribution in [0.3, 0.4) is 0 Å². The summed E-state index contributed by atoms with van der Waals surface area (Å²) in [6, 6.07) is 9.21. The number of carbonyl (C=O) groups is 1. The maximum absolute atomic E-state index is 12.8. The minimum Gasteiger partial charge on any atom is -0.497 e. The van der Waals surface area contributed by atoms with Crippen LogP contribution in [0.1, 0.15) is 43.9 Å². The van der Waals surface area contributed by atoms with Crippen LogP contribution in [0, 0.1) is 0 Å². The van der Waals surface area contributed by atoms with Crippen LogP contribution < -0.4 is 14.8 Å². The van der Waals surface area contributed by atoms with E-state index in [9.17, 15) is 4.79 Å². The van der Waals surface area contributed by atoms with Crippen molar-refractivity contribution in [1.82, 2.24) is 15.1 Å². The molecule has 27 heavy (non-hydrogen) atoms. The Bertz CT molecular complexity index is 847. The first-order chi connectivity index (χ1) is 12.9. The van der Waals surface area contributed by atoms with Crippen LogP contribution >= 0.6 is 0 Å². The molecule has 1 aromatic carbocycles. The highest BCUT2D eigenvalue weighted by atomic mass is 16.5. The van der Waals surface area contributed by atoms with Crippen molar-refractivity contribution >= 4 is 11.8 Å². The van der Waals surface area contributed by atoms with E-state index in [0.717, 1.165) is 22.8 Å². The van der Waals surface area contributed by atoms with Gasteiger partial charge < -0.3 is 14.4 Å². The van der Waals surface area contributed by atoms with Crippen molar-refractivity contribution in [3.05, 3.63) is 41.6 Å². The summed E-state index contributed by atoms with van der Waals surface area (Å²) in [6.07, 6.45) is 2.35. The Hall–Kier alpha value is -2.83. The average molecular weight is 368 g/mol. The molecular weight excluding hydrogens is 344 g/mol. The number of benzene rings is 1. The lowest BCUT2D eigenvalue weighted by molar-refractivity contribution is 0.0833. The fraction of sp³-hybridized carbons (Fsp3) is 0.450. The van der Waals surface area contributed by atoms with Crippen molar-refractivity contribution in [2.45, 2.75) is 44.8 Å². The zero-order chi connectivity index (χ0) is 19.0. The van der Waals surface area contributed by atoms with Gasteiger partial charge in [-0.1, -0.05) is 0 Å². The van der Waals surface area contributed by atoms with Crippen molar-refractivity contribution in [2.75, 3.05) is 19.0 Å². The second kappa shape index (κ2) is 6.72. The predicted octanol–water partition coefficient (Wildman–Crippen LogP) is 3.57. The van der Waals surface area contributed by atoms with Gasteiger partial charge in [0.25, 0.3) is 0 Å². The van der Waals surface area contributed by atoms with Gasteiger partial charge in [0.15, 0.2) is 5.82 Å². The van der Waals surface area contributed by atoms with Crippen molar-refractivity contribution < 1.29 is 14.3 Å². The van der Waals surface area contributed by atoms with Crippen LogP contribution in [0.2, 0.25) is 0 Å². The fourth-order valence-electron chi connectivity index (χ4n) is 3.28. The standard InChI is InChI=1S/C20H24N4O3/c1-20(2)12-24(11-14-6-7-15(26-3)10-17(14)27-20)19(25)21-18-9-8-16(22-23-18)13-4-5-13/h6-10,13H,4-5,11-12H2,1-3H3,(H,21,23,25). The smallest absolute Gasteiger partial charge is 0.323 e. The number of hydrogen-bond donors (Lipinski definition) is 1. The summed E-state index contributed by atoms with van der Waals surface area (Å²) < 4.78 is 11.4. The number of anilines is 1. The lowest BCUT2D eigenvalue weighted by Gasteiger charge is -2.29. The third-order valence-corrected chi connectivity index (χ3v) is 4.80. The van der Waals surface area contributed by atoms with Crippen molar-refractivity contribution in [2.24, 2.45) is 0 Å². The van der Waals surface area contributed by atoms with E-state index < -0.39 is 5.60 Å². The molecule has 1 N–H and O–H groups in total. The number of hydrogen-bond acceptors (Lipinski definition) is 5. The first-order valence-electron chi connectivity index (χ1n) is 9.19. The summed E-state index contributed by atoms with van der Waals surface area (Å²) in [5.74, 6) is 2.47. The number of amides is 2. The van der Waals surface area contributed by atoms with Crippen LogP contribution in [0.4, 0.5) is 10.6 Å². The summed E-state index contributed by atoms with van der Waals surface area (Å²) in [4.78, 5) is 14.6. The molecule has 7 heteroatoms. The zero-order valence-electron chi connectivity index (χ0n) is 15.9. The quantitative estimate of drug-likeness (QED) is 0.896. The Labute approximate surface area is 158 Å². The van der Waals surface area contributed by atoms with E-state index in [1.54, 1.807) is 12.0 Å². The minimum absolute atomic E-state index is 0.219. The maximum atomic E-state index is 12.8. The molecule has 1 saturated carbocycles. The highest BCUT2D eigenvalue weighted by Crippen LogP contribution is 2.38. The van der Waals surface area contributed by atoms with Crippen LogP contribution in [-0.4, -0.2) is 40.4 Å². The summed E-state index contributed by atoms with van der Waals surface area (Å²) in [7, 11) is 1.62. The van der Waals surface area contributed by atoms with E-state index in [4.69, 9.17) is 9.47 Å². The lowest BCUT2D eigenvalue weighted by Crippen LogP contribution is -2.44. The Morgan fingerprint density at radius 2 is 2.07 bits per heavy atom. The molecule has 2 amide bonds. The molecule has 0 bridgehead atoms. The molecule has 1 aliphatic heterocycles. The number of carbonyl (C=O) groups excluding carboxylic acids is 1. The van der Waals surface area contributed by atoms with Gasteiger partial charge in [0.2, 0.25) is 0 Å². The van der Waals surface area contributed by atoms with Crippen molar-refractivity contribution in [3.8, 4) is 11.5 Å². The molecule has 2 aromatic rings. The molecule has 1 fully saturated rings. The Kier molecular flexibility index (Phi) is 4.37. The van der Waals surface area contributed by atoms with Gasteiger partial charge in [-0.25, -0.2) is 4.79 Å². The molecule has 0 unspecified atom stereocenters. The van der Waals surface area contributed by atoms with E-state index in [-0.39, 0.29) is 6.03 Å². The van der Waals surface area contributed by atoms with E-state index in [2.05, 4.69) is 15.5 Å². The third-order valence-electron chi connectivity index (χ3n) is 4.80. The second-order valence-electron chi connectivity index (χ2n) is 7.74. The molecule has 1 aromatic heterocycles. The van der Waals surface area contributed by atoms with Crippen LogP contribution in [0.5, 0.6) is 11.5 Å². The Balaban J connectivity index is 1.51. The first-order valence-corrected chi connectivity index (χ1v) is 9.19. The Morgan fingerprint density at radius 3 is 2.74 bits per heavy atom. The van der Waals surface area contributed by atoms with Gasteiger partial charge in [0.05, 0.1) is 25.9 Å². The number of rotatable bonds is 3. The van der Waals surface area contributed by atoms with Gasteiger partial charge in [0, 0.05) is 17.5 Å². The molecule has 0 radical (unpaired) electrons. The van der Waals surface area contributed by atoms with E-state index in [1.165, 1.54) is 12.8 Å². The van der Waals surface area contributed by atoms with Gasteiger partial charge in [-0.15, -0.1) is 5.10 Å². The first kappa shape index (κ1) is 17.6. The van der Waals surface area contributed by atoms with Crippen LogP contribution in [0.25, 0.3) is 0 Å². The van der Waals surface area contributed by atoms with Crippen molar-refractivity contribution in [3.63, 3.8) is 0 Å². The van der Waals surface area contributed by atoms with E-state index in [0.29, 0.717) is 24.8 Å². The summed E-state index contributed by atoms with van der Waals surface area (Å²) >= 11 is 0. The fourth-order valence-corrected chi connectivity index (χ4v) is 3.28. The molecular formula is C20H24N4O3. The normalized spacial score (nSPS) is 18.1. The third kappa shape index (κ3) is 3.97. The highest BCUT2D eigenvalue weighted by Gasteiger charge is 2.32. The Morgan fingerprint density at radius 1 is 1.26 bits per heavy atom. The number of urea groups is 1. The molecule has 1 aliphatic carbocycles. The number of ether oxygens (including phenoxy) is 2. The summed E-state index contributed by atoms with van der Waals surface area (Å²) in [6.45, 7) is 4.82. The summed E-state index contributed by atoms with van der Waals surface area (Å²) in [5, 5.41) is 11.2.